The van der Waals surface area contributed by atoms with Crippen LogP contribution in [-0.2, 0) is 27.4 Å². The largest absolute Gasteiger partial charge is 0.416 e. The Morgan fingerprint density at radius 3 is 2.32 bits per heavy atom. The first-order valence-corrected chi connectivity index (χ1v) is 19.0. The average Bonchev–Trinajstić information content (AvgIpc) is 3.73. The van der Waals surface area contributed by atoms with Crippen LogP contribution in [0.5, 0.6) is 0 Å². The lowest BCUT2D eigenvalue weighted by molar-refractivity contribution is -0.137. The highest BCUT2D eigenvalue weighted by Crippen LogP contribution is 2.36. The number of nitrogens with one attached hydrogen (secondary N) is 2. The molecule has 0 atom stereocenters. The van der Waals surface area contributed by atoms with E-state index in [0.717, 1.165) is 61.0 Å². The quantitative estimate of drug-likeness (QED) is 0.247. The van der Waals surface area contributed by atoms with Crippen molar-refractivity contribution in [1.82, 2.24) is 20.5 Å². The molecule has 0 radical (unpaired) electrons. The predicted molar refractivity (Wildman–Crippen MR) is 179 cm³/mol. The molecule has 1 saturated heterocycles. The Kier molecular flexibility index (Phi) is 10.2. The number of thiophene rings is 1. The second-order valence-electron chi connectivity index (χ2n) is 12.7. The summed E-state index contributed by atoms with van der Waals surface area (Å²) < 4.78 is 65.6. The lowest BCUT2D eigenvalue weighted by Gasteiger charge is -2.41. The van der Waals surface area contributed by atoms with Crippen LogP contribution in [0, 0.1) is 0 Å². The molecular weight excluding hydrogens is 671 g/mol. The first-order chi connectivity index (χ1) is 22.4. The molecule has 3 heterocycles. The van der Waals surface area contributed by atoms with E-state index in [2.05, 4.69) is 20.4 Å². The van der Waals surface area contributed by atoms with Gasteiger partial charge in [0.1, 0.15) is 10.0 Å². The first kappa shape index (κ1) is 34.2. The van der Waals surface area contributed by atoms with E-state index in [0.29, 0.717) is 34.5 Å². The second kappa shape index (κ2) is 14.0. The van der Waals surface area contributed by atoms with Crippen molar-refractivity contribution in [3.8, 4) is 11.3 Å². The van der Waals surface area contributed by atoms with Crippen LogP contribution in [0.4, 0.5) is 19.0 Å². The lowest BCUT2D eigenvalue weighted by Crippen LogP contribution is -2.51. The molecule has 1 aromatic carbocycles. The lowest BCUT2D eigenvalue weighted by atomic mass is 9.94. The number of hydrogen-bond donors (Lipinski definition) is 2. The SMILES string of the molecule is O=C(NCc1cc(-c2ccc(C(F)(F)F)cc2)nc(N2CCN(C3CCCCC3)CC2)c1)C1(NCCS(=O)(=O)c2ccc(Cl)s2)CC1. The van der Waals surface area contributed by atoms with Gasteiger partial charge in [-0.25, -0.2) is 13.4 Å². The van der Waals surface area contributed by atoms with E-state index in [1.807, 2.05) is 6.07 Å². The Hall–Kier alpha value is -2.71. The third-order valence-electron chi connectivity index (χ3n) is 9.44. The summed E-state index contributed by atoms with van der Waals surface area (Å²) in [4.78, 5) is 23.0. The summed E-state index contributed by atoms with van der Waals surface area (Å²) in [6.07, 6.45) is 3.08. The molecule has 2 aromatic heterocycles. The van der Waals surface area contributed by atoms with Crippen LogP contribution >= 0.6 is 22.9 Å². The van der Waals surface area contributed by atoms with Gasteiger partial charge in [0.05, 0.1) is 26.9 Å². The zero-order chi connectivity index (χ0) is 33.2. The minimum atomic E-state index is -4.43. The van der Waals surface area contributed by atoms with Crippen LogP contribution in [0.1, 0.15) is 56.1 Å². The number of pyridine rings is 1. The molecule has 1 aliphatic heterocycles. The fourth-order valence-corrected chi connectivity index (χ4v) is 9.31. The van der Waals surface area contributed by atoms with Gasteiger partial charge in [0, 0.05) is 50.9 Å². The molecule has 3 aliphatic rings. The number of carbonyl (C=O) groups excluding carboxylic acids is 1. The molecule has 254 valence electrons. The minimum Gasteiger partial charge on any atom is -0.354 e. The summed E-state index contributed by atoms with van der Waals surface area (Å²) in [5.74, 6) is 0.356. The molecule has 8 nitrogen and oxygen atoms in total. The van der Waals surface area contributed by atoms with Crippen molar-refractivity contribution in [2.75, 3.05) is 43.4 Å². The number of piperazine rings is 1. The van der Waals surface area contributed by atoms with Crippen molar-refractivity contribution in [2.24, 2.45) is 0 Å². The van der Waals surface area contributed by atoms with Crippen molar-refractivity contribution in [2.45, 2.75) is 73.5 Å². The van der Waals surface area contributed by atoms with Crippen LogP contribution in [-0.4, -0.2) is 74.3 Å². The van der Waals surface area contributed by atoms with E-state index in [4.69, 9.17) is 16.6 Å². The molecule has 47 heavy (non-hydrogen) atoms. The number of alkyl halides is 3. The van der Waals surface area contributed by atoms with Crippen LogP contribution in [0.25, 0.3) is 11.3 Å². The van der Waals surface area contributed by atoms with Gasteiger partial charge in [0.2, 0.25) is 5.91 Å². The van der Waals surface area contributed by atoms with E-state index < -0.39 is 27.1 Å². The standard InChI is InChI=1S/C33H39ClF3N5O3S2/c34-28-10-11-30(46-28)47(44,45)19-14-39-32(12-13-32)31(43)38-22-23-20-27(24-6-8-25(9-7-24)33(35,36)37)40-29(21-23)42-17-15-41(16-18-42)26-4-2-1-3-5-26/h6-11,20-21,26,39H,1-5,12-19,22H2,(H,38,43). The zero-order valence-electron chi connectivity index (χ0n) is 26.0. The third-order valence-corrected chi connectivity index (χ3v) is 13.0. The van der Waals surface area contributed by atoms with Gasteiger partial charge in [-0.1, -0.05) is 43.0 Å². The molecule has 2 aliphatic carbocycles. The predicted octanol–water partition coefficient (Wildman–Crippen LogP) is 6.15. The number of benzene rings is 1. The maximum absolute atomic E-state index is 13.3. The molecule has 3 aromatic rings. The third kappa shape index (κ3) is 8.30. The summed E-state index contributed by atoms with van der Waals surface area (Å²) in [6.45, 7) is 3.74. The number of hydrogen-bond acceptors (Lipinski definition) is 8. The summed E-state index contributed by atoms with van der Waals surface area (Å²) >= 11 is 6.91. The molecular formula is C33H39ClF3N5O3S2. The Balaban J connectivity index is 1.14. The number of sulfone groups is 1. The van der Waals surface area contributed by atoms with E-state index in [1.165, 1.54) is 50.3 Å². The Morgan fingerprint density at radius 2 is 1.70 bits per heavy atom. The van der Waals surface area contributed by atoms with Crippen molar-refractivity contribution >= 4 is 44.5 Å². The fraction of sp³-hybridized carbons (Fsp3) is 0.515. The molecule has 3 fully saturated rings. The molecule has 0 spiro atoms. The number of carbonyl (C=O) groups is 1. The van der Waals surface area contributed by atoms with Gasteiger partial charge in [-0.05, 0) is 67.6 Å². The highest BCUT2D eigenvalue weighted by atomic mass is 35.5. The Labute approximate surface area is 282 Å². The monoisotopic (exact) mass is 709 g/mol. The van der Waals surface area contributed by atoms with E-state index in [9.17, 15) is 26.4 Å². The Morgan fingerprint density at radius 1 is 1.00 bits per heavy atom. The van der Waals surface area contributed by atoms with Gasteiger partial charge in [0.15, 0.2) is 9.84 Å². The second-order valence-corrected chi connectivity index (χ2v) is 16.7. The van der Waals surface area contributed by atoms with Crippen molar-refractivity contribution < 1.29 is 26.4 Å². The molecule has 0 unspecified atom stereocenters. The Bertz CT molecular complexity index is 1670. The summed E-state index contributed by atoms with van der Waals surface area (Å²) in [5.41, 5.74) is 0.318. The molecule has 1 amide bonds. The molecule has 2 saturated carbocycles. The minimum absolute atomic E-state index is 0.121. The van der Waals surface area contributed by atoms with Crippen molar-refractivity contribution in [1.29, 1.82) is 0 Å². The topological polar surface area (TPSA) is 94.6 Å². The number of rotatable bonds is 11. The van der Waals surface area contributed by atoms with Gasteiger partial charge in [-0.15, -0.1) is 11.3 Å². The van der Waals surface area contributed by atoms with Crippen LogP contribution in [0.15, 0.2) is 52.7 Å². The number of aromatic nitrogens is 1. The normalized spacial score (nSPS) is 19.1. The smallest absolute Gasteiger partial charge is 0.354 e. The van der Waals surface area contributed by atoms with Gasteiger partial charge in [-0.3, -0.25) is 9.69 Å². The maximum atomic E-state index is 13.3. The molecule has 0 bridgehead atoms. The summed E-state index contributed by atoms with van der Waals surface area (Å²) in [5, 5.41) is 6.15. The van der Waals surface area contributed by atoms with Crippen LogP contribution in [0.3, 0.4) is 0 Å². The van der Waals surface area contributed by atoms with Gasteiger partial charge in [0.25, 0.3) is 0 Å². The highest BCUT2D eigenvalue weighted by Gasteiger charge is 2.49. The zero-order valence-corrected chi connectivity index (χ0v) is 28.4. The molecule has 14 heteroatoms. The average molecular weight is 710 g/mol. The van der Waals surface area contributed by atoms with Crippen LogP contribution < -0.4 is 15.5 Å². The maximum Gasteiger partial charge on any atom is 0.416 e. The molecule has 6 rings (SSSR count). The number of halogens is 4. The molecule has 2 N–H and O–H groups in total. The summed E-state index contributed by atoms with van der Waals surface area (Å²) in [7, 11) is -3.52. The van der Waals surface area contributed by atoms with Crippen molar-refractivity contribution in [3.63, 3.8) is 0 Å². The highest BCUT2D eigenvalue weighted by molar-refractivity contribution is 7.93. The van der Waals surface area contributed by atoms with E-state index in [-0.39, 0.29) is 29.0 Å². The van der Waals surface area contributed by atoms with E-state index >= 15 is 0 Å². The number of amides is 1. The van der Waals surface area contributed by atoms with Crippen molar-refractivity contribution in [3.05, 3.63) is 64.0 Å². The fourth-order valence-electron chi connectivity index (χ4n) is 6.53. The number of nitrogens with zero attached hydrogens (tertiary/aromatic N) is 3. The van der Waals surface area contributed by atoms with Gasteiger partial charge < -0.3 is 15.5 Å². The summed E-state index contributed by atoms with van der Waals surface area (Å²) in [6, 6.07) is 12.4. The van der Waals surface area contributed by atoms with Gasteiger partial charge >= 0.3 is 6.18 Å². The van der Waals surface area contributed by atoms with E-state index in [1.54, 1.807) is 12.1 Å². The van der Waals surface area contributed by atoms with Crippen LogP contribution in [0.2, 0.25) is 4.34 Å². The first-order valence-electron chi connectivity index (χ1n) is 16.1. The van der Waals surface area contributed by atoms with Gasteiger partial charge in [-0.2, -0.15) is 13.2 Å². The number of anilines is 1.